The number of carbonyl (C=O) groups is 3. The van der Waals surface area contributed by atoms with Crippen molar-refractivity contribution in [3.63, 3.8) is 0 Å². The van der Waals surface area contributed by atoms with Gasteiger partial charge in [0.1, 0.15) is 18.9 Å². The van der Waals surface area contributed by atoms with Crippen LogP contribution < -0.4 is 15.4 Å². The highest BCUT2D eigenvalue weighted by molar-refractivity contribution is 5.91. The maximum absolute atomic E-state index is 12.1. The van der Waals surface area contributed by atoms with Gasteiger partial charge in [0.25, 0.3) is 0 Å². The van der Waals surface area contributed by atoms with Crippen LogP contribution in [0.5, 0.6) is 5.75 Å². The summed E-state index contributed by atoms with van der Waals surface area (Å²) in [6, 6.07) is 5.39. The Hall–Kier alpha value is -2.57. The second-order valence-corrected chi connectivity index (χ2v) is 5.63. The Morgan fingerprint density at radius 1 is 1.33 bits per heavy atom. The zero-order valence-corrected chi connectivity index (χ0v) is 13.9. The highest BCUT2D eigenvalue weighted by Crippen LogP contribution is 2.30. The predicted molar refractivity (Wildman–Crippen MR) is 87.7 cm³/mol. The first-order valence-corrected chi connectivity index (χ1v) is 7.93. The lowest BCUT2D eigenvalue weighted by Crippen LogP contribution is -2.39. The smallest absolute Gasteiger partial charge is 0.325 e. The molecule has 1 atom stereocenters. The number of anilines is 1. The SMILES string of the molecule is CCCC(=O)Nc1ccc2c(c1)C[C@H](C(=O)NCC(=O)OC)CO2. The van der Waals surface area contributed by atoms with E-state index in [-0.39, 0.29) is 30.9 Å². The normalized spacial score (nSPS) is 15.7. The second kappa shape index (κ2) is 8.33. The van der Waals surface area contributed by atoms with E-state index in [1.54, 1.807) is 12.1 Å². The standard InChI is InChI=1S/C17H22N2O5/c1-3-4-15(20)19-13-5-6-14-11(8-13)7-12(10-24-14)17(22)18-9-16(21)23-2/h5-6,8,12H,3-4,7,9-10H2,1-2H3,(H,18,22)(H,19,20)/t12-/m0/s1. The summed E-state index contributed by atoms with van der Waals surface area (Å²) in [4.78, 5) is 34.9. The van der Waals surface area contributed by atoms with Crippen LogP contribution in [0.3, 0.4) is 0 Å². The van der Waals surface area contributed by atoms with Gasteiger partial charge >= 0.3 is 5.97 Å². The summed E-state index contributed by atoms with van der Waals surface area (Å²) in [7, 11) is 1.27. The van der Waals surface area contributed by atoms with Gasteiger partial charge in [-0.15, -0.1) is 0 Å². The Labute approximate surface area is 140 Å². The van der Waals surface area contributed by atoms with Gasteiger partial charge in [-0.3, -0.25) is 14.4 Å². The largest absolute Gasteiger partial charge is 0.492 e. The van der Waals surface area contributed by atoms with Crippen LogP contribution in [-0.2, 0) is 25.5 Å². The quantitative estimate of drug-likeness (QED) is 0.764. The minimum absolute atomic E-state index is 0.0402. The molecule has 0 fully saturated rings. The Morgan fingerprint density at radius 2 is 2.12 bits per heavy atom. The average molecular weight is 334 g/mol. The molecule has 0 saturated heterocycles. The van der Waals surface area contributed by atoms with Crippen LogP contribution in [0, 0.1) is 5.92 Å². The molecule has 130 valence electrons. The van der Waals surface area contributed by atoms with Crippen LogP contribution in [0.4, 0.5) is 5.69 Å². The van der Waals surface area contributed by atoms with Gasteiger partial charge in [-0.2, -0.15) is 0 Å². The number of amides is 2. The lowest BCUT2D eigenvalue weighted by Gasteiger charge is -2.25. The van der Waals surface area contributed by atoms with Crippen molar-refractivity contribution >= 4 is 23.5 Å². The summed E-state index contributed by atoms with van der Waals surface area (Å²) in [6.07, 6.45) is 1.73. The molecule has 0 saturated carbocycles. The minimum atomic E-state index is -0.499. The molecule has 0 aliphatic carbocycles. The number of esters is 1. The maximum Gasteiger partial charge on any atom is 0.325 e. The molecule has 2 rings (SSSR count). The highest BCUT2D eigenvalue weighted by Gasteiger charge is 2.26. The molecular formula is C17H22N2O5. The number of hydrogen-bond acceptors (Lipinski definition) is 5. The summed E-state index contributed by atoms with van der Waals surface area (Å²) in [5, 5.41) is 5.36. The second-order valence-electron chi connectivity index (χ2n) is 5.63. The van der Waals surface area contributed by atoms with Crippen LogP contribution in [0.1, 0.15) is 25.3 Å². The van der Waals surface area contributed by atoms with Gasteiger partial charge in [0, 0.05) is 12.1 Å². The van der Waals surface area contributed by atoms with E-state index in [9.17, 15) is 14.4 Å². The molecule has 0 bridgehead atoms. The van der Waals surface area contributed by atoms with Crippen molar-refractivity contribution in [3.05, 3.63) is 23.8 Å². The van der Waals surface area contributed by atoms with E-state index in [0.29, 0.717) is 24.3 Å². The molecule has 7 nitrogen and oxygen atoms in total. The fraction of sp³-hybridized carbons (Fsp3) is 0.471. The first-order valence-electron chi connectivity index (χ1n) is 7.93. The lowest BCUT2D eigenvalue weighted by atomic mass is 9.95. The lowest BCUT2D eigenvalue weighted by molar-refractivity contribution is -0.141. The molecule has 2 N–H and O–H groups in total. The Bertz CT molecular complexity index is 629. The van der Waals surface area contributed by atoms with Gasteiger partial charge in [-0.1, -0.05) is 6.92 Å². The Morgan fingerprint density at radius 3 is 2.83 bits per heavy atom. The molecule has 0 unspecified atom stereocenters. The Kier molecular flexibility index (Phi) is 6.17. The number of nitrogens with one attached hydrogen (secondary N) is 2. The van der Waals surface area contributed by atoms with Gasteiger partial charge in [-0.25, -0.2) is 0 Å². The van der Waals surface area contributed by atoms with Crippen LogP contribution in [0.2, 0.25) is 0 Å². The van der Waals surface area contributed by atoms with E-state index in [2.05, 4.69) is 15.4 Å². The molecule has 0 spiro atoms. The van der Waals surface area contributed by atoms with E-state index in [1.807, 2.05) is 13.0 Å². The molecule has 1 aromatic carbocycles. The molecule has 2 amide bonds. The van der Waals surface area contributed by atoms with Gasteiger partial charge in [-0.05, 0) is 36.6 Å². The monoisotopic (exact) mass is 334 g/mol. The summed E-state index contributed by atoms with van der Waals surface area (Å²) in [5.41, 5.74) is 1.54. The van der Waals surface area contributed by atoms with Crippen LogP contribution in [0.15, 0.2) is 18.2 Å². The average Bonchev–Trinajstić information content (AvgIpc) is 2.58. The molecule has 7 heteroatoms. The van der Waals surface area contributed by atoms with Crippen molar-refractivity contribution in [3.8, 4) is 5.75 Å². The topological polar surface area (TPSA) is 93.7 Å². The van der Waals surface area contributed by atoms with Gasteiger partial charge in [0.05, 0.1) is 13.0 Å². The first-order chi connectivity index (χ1) is 11.5. The summed E-state index contributed by atoms with van der Waals surface area (Å²) >= 11 is 0. The fourth-order valence-corrected chi connectivity index (χ4v) is 2.47. The van der Waals surface area contributed by atoms with E-state index < -0.39 is 5.97 Å². The number of rotatable bonds is 6. The van der Waals surface area contributed by atoms with Crippen molar-refractivity contribution in [1.82, 2.24) is 5.32 Å². The molecule has 24 heavy (non-hydrogen) atoms. The number of fused-ring (bicyclic) bond motifs is 1. The van der Waals surface area contributed by atoms with Crippen molar-refractivity contribution in [1.29, 1.82) is 0 Å². The molecule has 1 aliphatic heterocycles. The summed E-state index contributed by atoms with van der Waals surface area (Å²) in [6.45, 7) is 2.03. The Balaban J connectivity index is 1.99. The van der Waals surface area contributed by atoms with Crippen molar-refractivity contribution < 1.29 is 23.9 Å². The fourth-order valence-electron chi connectivity index (χ4n) is 2.47. The highest BCUT2D eigenvalue weighted by atomic mass is 16.5. The molecule has 0 radical (unpaired) electrons. The van der Waals surface area contributed by atoms with E-state index in [4.69, 9.17) is 4.74 Å². The van der Waals surface area contributed by atoms with E-state index in [0.717, 1.165) is 12.0 Å². The number of ether oxygens (including phenoxy) is 2. The van der Waals surface area contributed by atoms with Crippen molar-refractivity contribution in [2.45, 2.75) is 26.2 Å². The molecule has 0 aromatic heterocycles. The zero-order chi connectivity index (χ0) is 17.5. The van der Waals surface area contributed by atoms with E-state index >= 15 is 0 Å². The van der Waals surface area contributed by atoms with Gasteiger partial charge in [0.2, 0.25) is 11.8 Å². The molecular weight excluding hydrogens is 312 g/mol. The summed E-state index contributed by atoms with van der Waals surface area (Å²) in [5.74, 6) is -0.473. The molecule has 1 heterocycles. The molecule has 1 aromatic rings. The first kappa shape index (κ1) is 17.8. The third kappa shape index (κ3) is 4.71. The van der Waals surface area contributed by atoms with Crippen molar-refractivity contribution in [2.75, 3.05) is 25.6 Å². The third-order valence-electron chi connectivity index (χ3n) is 3.73. The number of benzene rings is 1. The van der Waals surface area contributed by atoms with Crippen molar-refractivity contribution in [2.24, 2.45) is 5.92 Å². The minimum Gasteiger partial charge on any atom is -0.492 e. The van der Waals surface area contributed by atoms with Crippen LogP contribution >= 0.6 is 0 Å². The van der Waals surface area contributed by atoms with E-state index in [1.165, 1.54) is 7.11 Å². The van der Waals surface area contributed by atoms with Gasteiger partial charge in [0.15, 0.2) is 0 Å². The number of hydrogen-bond donors (Lipinski definition) is 2. The third-order valence-corrected chi connectivity index (χ3v) is 3.73. The summed E-state index contributed by atoms with van der Waals surface area (Å²) < 4.78 is 10.1. The van der Waals surface area contributed by atoms with Crippen LogP contribution in [0.25, 0.3) is 0 Å². The zero-order valence-electron chi connectivity index (χ0n) is 13.9. The molecule has 1 aliphatic rings. The van der Waals surface area contributed by atoms with Crippen LogP contribution in [-0.4, -0.2) is 38.0 Å². The maximum atomic E-state index is 12.1. The number of carbonyl (C=O) groups excluding carboxylic acids is 3. The number of methoxy groups -OCH3 is 1. The predicted octanol–water partition coefficient (Wildman–Crippen LogP) is 1.27. The van der Waals surface area contributed by atoms with Gasteiger partial charge < -0.3 is 20.1 Å².